The van der Waals surface area contributed by atoms with Gasteiger partial charge in [0.1, 0.15) is 5.75 Å². The van der Waals surface area contributed by atoms with Crippen molar-refractivity contribution in [1.29, 1.82) is 0 Å². The van der Waals surface area contributed by atoms with Crippen molar-refractivity contribution < 1.29 is 27.5 Å². The molecule has 132 valence electrons. The molecular formula is C17H17NO6S. The maximum Gasteiger partial charge on any atom is 0.340 e. The summed E-state index contributed by atoms with van der Waals surface area (Å²) in [6, 6.07) is 10.1. The molecule has 0 saturated heterocycles. The van der Waals surface area contributed by atoms with Crippen LogP contribution in [0, 0.1) is 0 Å². The topological polar surface area (TPSA) is 98.8 Å². The number of amides is 1. The fourth-order valence-electron chi connectivity index (χ4n) is 2.09. The molecule has 7 nitrogen and oxygen atoms in total. The van der Waals surface area contributed by atoms with Crippen LogP contribution in [0.2, 0.25) is 0 Å². The van der Waals surface area contributed by atoms with E-state index in [0.29, 0.717) is 5.75 Å². The lowest BCUT2D eigenvalue weighted by Crippen LogP contribution is -2.15. The number of carbonyl (C=O) groups excluding carboxylic acids is 2. The van der Waals surface area contributed by atoms with Crippen LogP contribution in [-0.2, 0) is 14.6 Å². The Morgan fingerprint density at radius 1 is 1.00 bits per heavy atom. The molecule has 0 bridgehead atoms. The minimum absolute atomic E-state index is 0.115. The zero-order valence-corrected chi connectivity index (χ0v) is 14.7. The lowest BCUT2D eigenvalue weighted by atomic mass is 10.1. The fourth-order valence-corrected chi connectivity index (χ4v) is 2.72. The molecule has 2 aromatic rings. The number of anilines is 1. The average Bonchev–Trinajstić information content (AvgIpc) is 2.60. The number of carbonyl (C=O) groups is 2. The van der Waals surface area contributed by atoms with Crippen molar-refractivity contribution in [1.82, 2.24) is 0 Å². The van der Waals surface area contributed by atoms with Gasteiger partial charge in [0.05, 0.1) is 30.4 Å². The molecule has 0 spiro atoms. The molecule has 0 unspecified atom stereocenters. The monoisotopic (exact) mass is 363 g/mol. The number of sulfone groups is 1. The largest absolute Gasteiger partial charge is 0.497 e. The first-order valence-corrected chi connectivity index (χ1v) is 9.03. The number of hydrogen-bond acceptors (Lipinski definition) is 6. The summed E-state index contributed by atoms with van der Waals surface area (Å²) in [5.41, 5.74) is 0.645. The quantitative estimate of drug-likeness (QED) is 0.817. The molecule has 0 fully saturated rings. The van der Waals surface area contributed by atoms with Crippen molar-refractivity contribution in [2.45, 2.75) is 4.90 Å². The Morgan fingerprint density at radius 3 is 2.16 bits per heavy atom. The number of nitrogens with one attached hydrogen (secondary N) is 1. The van der Waals surface area contributed by atoms with Gasteiger partial charge in [-0.25, -0.2) is 13.2 Å². The molecule has 0 aliphatic carbocycles. The number of esters is 1. The average molecular weight is 363 g/mol. The molecule has 0 aromatic heterocycles. The predicted octanol–water partition coefficient (Wildman–Crippen LogP) is 2.14. The Labute approximate surface area is 145 Å². The minimum Gasteiger partial charge on any atom is -0.497 e. The third-order valence-corrected chi connectivity index (χ3v) is 4.55. The van der Waals surface area contributed by atoms with E-state index in [-0.39, 0.29) is 21.7 Å². The first-order valence-electron chi connectivity index (χ1n) is 7.14. The van der Waals surface area contributed by atoms with Crippen LogP contribution in [0.15, 0.2) is 47.4 Å². The third-order valence-electron chi connectivity index (χ3n) is 3.42. The third kappa shape index (κ3) is 4.36. The number of hydrogen-bond donors (Lipinski definition) is 1. The highest BCUT2D eigenvalue weighted by Gasteiger charge is 2.16. The Hall–Kier alpha value is -2.87. The van der Waals surface area contributed by atoms with E-state index in [2.05, 4.69) is 5.32 Å². The summed E-state index contributed by atoms with van der Waals surface area (Å²) < 4.78 is 32.7. The summed E-state index contributed by atoms with van der Waals surface area (Å²) in [7, 11) is -0.650. The van der Waals surface area contributed by atoms with Crippen molar-refractivity contribution >= 4 is 27.4 Å². The van der Waals surface area contributed by atoms with Crippen LogP contribution in [0.4, 0.5) is 5.69 Å². The Bertz CT molecular complexity index is 903. The van der Waals surface area contributed by atoms with Gasteiger partial charge < -0.3 is 14.8 Å². The van der Waals surface area contributed by atoms with E-state index in [1.165, 1.54) is 50.6 Å². The Morgan fingerprint density at radius 2 is 1.64 bits per heavy atom. The molecule has 0 aliphatic heterocycles. The standard InChI is InChI=1S/C17H17NO6S/c1-23-12-6-9-15(14(10-12)17(20)24-2)18-16(19)11-4-7-13(8-5-11)25(3,21)22/h4-10H,1-3H3,(H,18,19). The summed E-state index contributed by atoms with van der Waals surface area (Å²) in [6.07, 6.45) is 1.09. The highest BCUT2D eigenvalue weighted by atomic mass is 32.2. The van der Waals surface area contributed by atoms with E-state index in [1.807, 2.05) is 0 Å². The van der Waals surface area contributed by atoms with Gasteiger partial charge in [-0.3, -0.25) is 4.79 Å². The molecule has 1 N–H and O–H groups in total. The molecule has 8 heteroatoms. The molecule has 0 aliphatic rings. The lowest BCUT2D eigenvalue weighted by molar-refractivity contribution is 0.0601. The van der Waals surface area contributed by atoms with E-state index in [1.54, 1.807) is 6.07 Å². The zero-order valence-electron chi connectivity index (χ0n) is 13.9. The number of benzene rings is 2. The van der Waals surface area contributed by atoms with E-state index in [9.17, 15) is 18.0 Å². The van der Waals surface area contributed by atoms with Crippen molar-refractivity contribution in [2.75, 3.05) is 25.8 Å². The molecule has 25 heavy (non-hydrogen) atoms. The molecule has 0 radical (unpaired) electrons. The SMILES string of the molecule is COC(=O)c1cc(OC)ccc1NC(=O)c1ccc(S(C)(=O)=O)cc1. The van der Waals surface area contributed by atoms with Gasteiger partial charge in [0.15, 0.2) is 9.84 Å². The van der Waals surface area contributed by atoms with E-state index in [0.717, 1.165) is 6.26 Å². The van der Waals surface area contributed by atoms with Crippen LogP contribution in [0.3, 0.4) is 0 Å². The second-order valence-electron chi connectivity index (χ2n) is 5.15. The van der Waals surface area contributed by atoms with Gasteiger partial charge in [0.25, 0.3) is 5.91 Å². The van der Waals surface area contributed by atoms with Gasteiger partial charge in [-0.15, -0.1) is 0 Å². The van der Waals surface area contributed by atoms with Gasteiger partial charge in [0.2, 0.25) is 0 Å². The summed E-state index contributed by atoms with van der Waals surface area (Å²) in [4.78, 5) is 24.3. The summed E-state index contributed by atoms with van der Waals surface area (Å²) >= 11 is 0. The number of ether oxygens (including phenoxy) is 2. The van der Waals surface area contributed by atoms with Crippen LogP contribution in [-0.4, -0.2) is 40.8 Å². The molecule has 2 rings (SSSR count). The Kier molecular flexibility index (Phi) is 5.43. The molecule has 2 aromatic carbocycles. The van der Waals surface area contributed by atoms with Crippen LogP contribution in [0.1, 0.15) is 20.7 Å². The number of rotatable bonds is 5. The smallest absolute Gasteiger partial charge is 0.340 e. The summed E-state index contributed by atoms with van der Waals surface area (Å²) in [6.45, 7) is 0. The molecular weight excluding hydrogens is 346 g/mol. The first kappa shape index (κ1) is 18.5. The normalized spacial score (nSPS) is 10.8. The van der Waals surface area contributed by atoms with Crippen molar-refractivity contribution in [3.05, 3.63) is 53.6 Å². The van der Waals surface area contributed by atoms with Crippen LogP contribution in [0.25, 0.3) is 0 Å². The maximum absolute atomic E-state index is 12.3. The second kappa shape index (κ2) is 7.35. The lowest BCUT2D eigenvalue weighted by Gasteiger charge is -2.11. The molecule has 0 heterocycles. The summed E-state index contributed by atoms with van der Waals surface area (Å²) in [5.74, 6) is -0.673. The van der Waals surface area contributed by atoms with E-state index < -0.39 is 21.7 Å². The molecule has 1 amide bonds. The van der Waals surface area contributed by atoms with E-state index in [4.69, 9.17) is 9.47 Å². The van der Waals surface area contributed by atoms with Crippen LogP contribution >= 0.6 is 0 Å². The minimum atomic E-state index is -3.34. The maximum atomic E-state index is 12.3. The highest BCUT2D eigenvalue weighted by molar-refractivity contribution is 7.90. The van der Waals surface area contributed by atoms with Gasteiger partial charge in [-0.1, -0.05) is 0 Å². The van der Waals surface area contributed by atoms with Crippen molar-refractivity contribution in [3.63, 3.8) is 0 Å². The second-order valence-corrected chi connectivity index (χ2v) is 7.17. The van der Waals surface area contributed by atoms with Gasteiger partial charge in [0, 0.05) is 11.8 Å². The highest BCUT2D eigenvalue weighted by Crippen LogP contribution is 2.23. The van der Waals surface area contributed by atoms with Gasteiger partial charge in [-0.05, 0) is 42.5 Å². The first-order chi connectivity index (χ1) is 11.8. The summed E-state index contributed by atoms with van der Waals surface area (Å²) in [5, 5.41) is 2.61. The predicted molar refractivity (Wildman–Crippen MR) is 91.8 cm³/mol. The van der Waals surface area contributed by atoms with Crippen molar-refractivity contribution in [3.8, 4) is 5.75 Å². The number of methoxy groups -OCH3 is 2. The molecule has 0 saturated carbocycles. The van der Waals surface area contributed by atoms with E-state index >= 15 is 0 Å². The van der Waals surface area contributed by atoms with Gasteiger partial charge in [-0.2, -0.15) is 0 Å². The molecule has 0 atom stereocenters. The van der Waals surface area contributed by atoms with Crippen molar-refractivity contribution in [2.24, 2.45) is 0 Å². The van der Waals surface area contributed by atoms with Crippen LogP contribution in [0.5, 0.6) is 5.75 Å². The Balaban J connectivity index is 2.30. The van der Waals surface area contributed by atoms with Crippen LogP contribution < -0.4 is 10.1 Å². The zero-order chi connectivity index (χ0) is 18.6. The fraction of sp³-hybridized carbons (Fsp3) is 0.176. The van der Waals surface area contributed by atoms with Gasteiger partial charge >= 0.3 is 5.97 Å².